The summed E-state index contributed by atoms with van der Waals surface area (Å²) in [6.07, 6.45) is -3.71. The fourth-order valence-corrected chi connectivity index (χ4v) is 1.92. The van der Waals surface area contributed by atoms with Crippen molar-refractivity contribution < 1.29 is 24.8 Å². The lowest BCUT2D eigenvalue weighted by molar-refractivity contribution is -0.254. The number of aliphatic hydroxyl groups is 3. The van der Waals surface area contributed by atoms with Gasteiger partial charge in [-0.2, -0.15) is 0 Å². The Morgan fingerprint density at radius 1 is 1.17 bits per heavy atom. The van der Waals surface area contributed by atoms with Crippen molar-refractivity contribution in [2.45, 2.75) is 37.6 Å². The quantitative estimate of drug-likeness (QED) is 0.706. The van der Waals surface area contributed by atoms with Crippen molar-refractivity contribution in [3.05, 3.63) is 35.9 Å². The van der Waals surface area contributed by atoms with Gasteiger partial charge >= 0.3 is 0 Å². The fourth-order valence-electron chi connectivity index (χ4n) is 1.92. The van der Waals surface area contributed by atoms with Gasteiger partial charge in [-0.05, 0) is 5.56 Å². The molecule has 5 nitrogen and oxygen atoms in total. The average molecular weight is 254 g/mol. The molecule has 1 fully saturated rings. The van der Waals surface area contributed by atoms with Crippen LogP contribution >= 0.6 is 0 Å². The molecule has 0 aromatic heterocycles. The molecule has 0 aliphatic carbocycles. The van der Waals surface area contributed by atoms with Gasteiger partial charge in [0, 0.05) is 6.42 Å². The Kier molecular flexibility index (Phi) is 4.68. The maximum atomic E-state index is 9.49. The van der Waals surface area contributed by atoms with Crippen LogP contribution in [0.15, 0.2) is 30.3 Å². The summed E-state index contributed by atoms with van der Waals surface area (Å²) in [6.45, 7) is 0.727. The summed E-state index contributed by atoms with van der Waals surface area (Å²) in [4.78, 5) is 0. The number of aliphatic hydroxyl groups excluding tert-OH is 3. The predicted octanol–water partition coefficient (Wildman–Crippen LogP) is 0.0323. The summed E-state index contributed by atoms with van der Waals surface area (Å²) >= 11 is 0. The third kappa shape index (κ3) is 3.51. The molecule has 100 valence electrons. The van der Waals surface area contributed by atoms with E-state index in [2.05, 4.69) is 0 Å². The van der Waals surface area contributed by atoms with Crippen LogP contribution in [-0.2, 0) is 16.1 Å². The van der Waals surface area contributed by atoms with E-state index in [0.29, 0.717) is 6.61 Å². The molecule has 1 saturated heterocycles. The summed E-state index contributed by atoms with van der Waals surface area (Å²) in [6, 6.07) is 9.70. The maximum Gasteiger partial charge on any atom is 0.183 e. The maximum absolute atomic E-state index is 9.49. The summed E-state index contributed by atoms with van der Waals surface area (Å²) in [5, 5.41) is 28.1. The van der Waals surface area contributed by atoms with E-state index in [4.69, 9.17) is 9.47 Å². The Hall–Kier alpha value is -0.980. The highest BCUT2D eigenvalue weighted by atomic mass is 16.6. The third-order valence-corrected chi connectivity index (χ3v) is 2.94. The normalized spacial score (nSPS) is 32.4. The van der Waals surface area contributed by atoms with Gasteiger partial charge < -0.3 is 24.8 Å². The molecule has 1 aliphatic rings. The van der Waals surface area contributed by atoms with Gasteiger partial charge in [-0.1, -0.05) is 30.3 Å². The SMILES string of the molecule is O[C@H]1[C@@H](O)C[C@@H](COCc2ccccc2)O[C@@H]1O. The van der Waals surface area contributed by atoms with Crippen LogP contribution in [0.1, 0.15) is 12.0 Å². The number of rotatable bonds is 4. The second-order valence-corrected chi connectivity index (χ2v) is 4.44. The first-order chi connectivity index (χ1) is 8.66. The zero-order chi connectivity index (χ0) is 13.0. The first-order valence-corrected chi connectivity index (χ1v) is 5.98. The fraction of sp³-hybridized carbons (Fsp3) is 0.538. The lowest BCUT2D eigenvalue weighted by Crippen LogP contribution is -2.49. The van der Waals surface area contributed by atoms with E-state index in [1.807, 2.05) is 30.3 Å². The average Bonchev–Trinajstić information content (AvgIpc) is 2.37. The van der Waals surface area contributed by atoms with E-state index in [9.17, 15) is 15.3 Å². The van der Waals surface area contributed by atoms with Crippen molar-refractivity contribution in [2.24, 2.45) is 0 Å². The van der Waals surface area contributed by atoms with Gasteiger partial charge in [-0.25, -0.2) is 0 Å². The molecule has 0 amide bonds. The minimum absolute atomic E-state index is 0.257. The second kappa shape index (κ2) is 6.26. The topological polar surface area (TPSA) is 79.2 Å². The van der Waals surface area contributed by atoms with E-state index in [1.165, 1.54) is 0 Å². The van der Waals surface area contributed by atoms with Crippen LogP contribution in [0.4, 0.5) is 0 Å². The lowest BCUT2D eigenvalue weighted by Gasteiger charge is -2.34. The zero-order valence-corrected chi connectivity index (χ0v) is 9.98. The molecular formula is C13H18O5. The molecule has 0 bridgehead atoms. The van der Waals surface area contributed by atoms with Crippen molar-refractivity contribution in [2.75, 3.05) is 6.61 Å². The molecule has 0 radical (unpaired) electrons. The van der Waals surface area contributed by atoms with E-state index < -0.39 is 24.6 Å². The van der Waals surface area contributed by atoms with Crippen LogP contribution in [0.3, 0.4) is 0 Å². The molecule has 1 aromatic rings. The van der Waals surface area contributed by atoms with Gasteiger partial charge in [0.15, 0.2) is 6.29 Å². The largest absolute Gasteiger partial charge is 0.390 e. The van der Waals surface area contributed by atoms with Crippen LogP contribution < -0.4 is 0 Å². The van der Waals surface area contributed by atoms with Gasteiger partial charge in [0.1, 0.15) is 6.10 Å². The molecule has 1 heterocycles. The standard InChI is InChI=1S/C13H18O5/c14-11-6-10(18-13(16)12(11)15)8-17-7-9-4-2-1-3-5-9/h1-5,10-16H,6-8H2/t10-,11-,12-,13-/m0/s1. The molecule has 0 saturated carbocycles. The van der Waals surface area contributed by atoms with Gasteiger partial charge in [-0.15, -0.1) is 0 Å². The third-order valence-electron chi connectivity index (χ3n) is 2.94. The summed E-state index contributed by atoms with van der Waals surface area (Å²) in [7, 11) is 0. The predicted molar refractivity (Wildman–Crippen MR) is 63.6 cm³/mol. The van der Waals surface area contributed by atoms with Crippen molar-refractivity contribution in [1.82, 2.24) is 0 Å². The number of hydrogen-bond acceptors (Lipinski definition) is 5. The highest BCUT2D eigenvalue weighted by Crippen LogP contribution is 2.19. The van der Waals surface area contributed by atoms with Crippen LogP contribution in [0.5, 0.6) is 0 Å². The molecule has 3 N–H and O–H groups in total. The minimum atomic E-state index is -1.35. The Labute approximate surface area is 106 Å². The van der Waals surface area contributed by atoms with Crippen molar-refractivity contribution in [1.29, 1.82) is 0 Å². The Bertz CT molecular complexity index is 344. The van der Waals surface area contributed by atoms with Crippen LogP contribution in [0.25, 0.3) is 0 Å². The molecule has 1 aromatic carbocycles. The molecule has 1 aliphatic heterocycles. The number of benzene rings is 1. The molecule has 0 spiro atoms. The van der Waals surface area contributed by atoms with E-state index >= 15 is 0 Å². The Morgan fingerprint density at radius 3 is 2.56 bits per heavy atom. The van der Waals surface area contributed by atoms with Gasteiger partial charge in [0.2, 0.25) is 0 Å². The van der Waals surface area contributed by atoms with Crippen molar-refractivity contribution in [3.63, 3.8) is 0 Å². The van der Waals surface area contributed by atoms with E-state index in [-0.39, 0.29) is 13.0 Å². The van der Waals surface area contributed by atoms with Crippen molar-refractivity contribution in [3.8, 4) is 0 Å². The number of hydrogen-bond donors (Lipinski definition) is 3. The summed E-state index contributed by atoms with van der Waals surface area (Å²) in [5.74, 6) is 0. The first kappa shape index (κ1) is 13.5. The van der Waals surface area contributed by atoms with E-state index in [0.717, 1.165) is 5.56 Å². The van der Waals surface area contributed by atoms with Gasteiger partial charge in [0.05, 0.1) is 25.4 Å². The lowest BCUT2D eigenvalue weighted by atomic mass is 10.0. The van der Waals surface area contributed by atoms with Gasteiger partial charge in [0.25, 0.3) is 0 Å². The number of ether oxygens (including phenoxy) is 2. The monoisotopic (exact) mass is 254 g/mol. The van der Waals surface area contributed by atoms with Crippen LogP contribution in [-0.4, -0.2) is 46.5 Å². The highest BCUT2D eigenvalue weighted by molar-refractivity contribution is 5.13. The molecular weight excluding hydrogens is 236 g/mol. The molecule has 18 heavy (non-hydrogen) atoms. The zero-order valence-electron chi connectivity index (χ0n) is 9.98. The summed E-state index contributed by atoms with van der Waals surface area (Å²) in [5.41, 5.74) is 1.05. The molecule has 5 heteroatoms. The minimum Gasteiger partial charge on any atom is -0.390 e. The molecule has 0 unspecified atom stereocenters. The van der Waals surface area contributed by atoms with Crippen LogP contribution in [0.2, 0.25) is 0 Å². The second-order valence-electron chi connectivity index (χ2n) is 4.44. The summed E-state index contributed by atoms with van der Waals surface area (Å²) < 4.78 is 10.6. The first-order valence-electron chi connectivity index (χ1n) is 5.98. The smallest absolute Gasteiger partial charge is 0.183 e. The molecule has 2 rings (SSSR count). The van der Waals surface area contributed by atoms with Gasteiger partial charge in [-0.3, -0.25) is 0 Å². The van der Waals surface area contributed by atoms with Crippen LogP contribution in [0, 0.1) is 0 Å². The Morgan fingerprint density at radius 2 is 1.89 bits per heavy atom. The van der Waals surface area contributed by atoms with E-state index in [1.54, 1.807) is 0 Å². The highest BCUT2D eigenvalue weighted by Gasteiger charge is 2.35. The Balaban J connectivity index is 1.74. The molecule has 4 atom stereocenters. The van der Waals surface area contributed by atoms with Crippen molar-refractivity contribution >= 4 is 0 Å².